The normalized spacial score (nSPS) is 21.6. The van der Waals surface area contributed by atoms with Crippen LogP contribution in [0.1, 0.15) is 95.0 Å². The van der Waals surface area contributed by atoms with Crippen molar-refractivity contribution in [3.05, 3.63) is 29.7 Å². The van der Waals surface area contributed by atoms with Crippen LogP contribution >= 0.6 is 0 Å². The van der Waals surface area contributed by atoms with Gasteiger partial charge in [-0.1, -0.05) is 0 Å². The molecule has 0 aliphatic heterocycles. The van der Waals surface area contributed by atoms with Crippen LogP contribution in [0.4, 0.5) is 22.4 Å². The molecule has 0 radical (unpaired) electrons. The summed E-state index contributed by atoms with van der Waals surface area (Å²) < 4.78 is 63.7. The Morgan fingerprint density at radius 1 is 1.17 bits per heavy atom. The molecule has 0 saturated heterocycles. The highest BCUT2D eigenvalue weighted by Crippen LogP contribution is 2.55. The first-order valence-corrected chi connectivity index (χ1v) is 14.1. The monoisotopic (exact) mass is 578 g/mol. The standard InChI is InChI=1S/C28H34F4N6O3/c1-16(2)41-25(40)36-22(18-5-7-27(29,30)8-6-18)20-14-38-21(35-20)11-19(13-34-38)23(26(15-33)9-10-26)37-24(39)28(31,32)12-17-3-4-17/h11,13-14,16-18,22-23H,3-10,12H2,1-2H3,(H,36,40)(H,37,39)/t22-,23+/m0/s1. The van der Waals surface area contributed by atoms with Gasteiger partial charge in [0.2, 0.25) is 5.92 Å². The lowest BCUT2D eigenvalue weighted by Crippen LogP contribution is -2.44. The Morgan fingerprint density at radius 3 is 2.44 bits per heavy atom. The molecule has 2 N–H and O–H groups in total. The van der Waals surface area contributed by atoms with E-state index in [0.717, 1.165) is 0 Å². The van der Waals surface area contributed by atoms with Crippen molar-refractivity contribution >= 4 is 17.6 Å². The maximum Gasteiger partial charge on any atom is 0.407 e. The van der Waals surface area contributed by atoms with Crippen molar-refractivity contribution in [1.82, 2.24) is 25.2 Å². The lowest BCUT2D eigenvalue weighted by atomic mass is 9.81. The quantitative estimate of drug-likeness (QED) is 0.353. The van der Waals surface area contributed by atoms with Crippen LogP contribution in [0.15, 0.2) is 18.5 Å². The van der Waals surface area contributed by atoms with Crippen LogP contribution in [-0.2, 0) is 9.53 Å². The molecule has 222 valence electrons. The van der Waals surface area contributed by atoms with E-state index in [9.17, 15) is 32.4 Å². The van der Waals surface area contributed by atoms with Crippen molar-refractivity contribution in [3.8, 4) is 6.07 Å². The molecule has 0 aromatic carbocycles. The summed E-state index contributed by atoms with van der Waals surface area (Å²) in [4.78, 5) is 29.8. The van der Waals surface area contributed by atoms with Crippen LogP contribution < -0.4 is 10.6 Å². The van der Waals surface area contributed by atoms with Crippen LogP contribution in [0.2, 0.25) is 0 Å². The number of carbonyl (C=O) groups is 2. The Kier molecular flexibility index (Phi) is 7.63. The molecule has 3 saturated carbocycles. The van der Waals surface area contributed by atoms with E-state index in [2.05, 4.69) is 26.8 Å². The zero-order valence-corrected chi connectivity index (χ0v) is 23.0. The Balaban J connectivity index is 1.42. The number of nitrogens with zero attached hydrogens (tertiary/aromatic N) is 4. The van der Waals surface area contributed by atoms with Crippen LogP contribution in [0.3, 0.4) is 0 Å². The molecule has 41 heavy (non-hydrogen) atoms. The number of hydrogen-bond donors (Lipinski definition) is 2. The van der Waals surface area contributed by atoms with Crippen molar-refractivity contribution in [2.24, 2.45) is 17.3 Å². The number of aromatic nitrogens is 3. The molecule has 9 nitrogen and oxygen atoms in total. The van der Waals surface area contributed by atoms with Gasteiger partial charge in [-0.05, 0) is 75.8 Å². The molecule has 0 bridgehead atoms. The second-order valence-electron chi connectivity index (χ2n) is 12.1. The third-order valence-corrected chi connectivity index (χ3v) is 8.27. The molecule has 3 fully saturated rings. The highest BCUT2D eigenvalue weighted by molar-refractivity contribution is 5.84. The molecular weight excluding hydrogens is 544 g/mol. The Labute approximate surface area is 235 Å². The summed E-state index contributed by atoms with van der Waals surface area (Å²) in [5, 5.41) is 19.4. The van der Waals surface area contributed by atoms with Gasteiger partial charge in [-0.2, -0.15) is 19.1 Å². The van der Waals surface area contributed by atoms with Crippen LogP contribution in [0.5, 0.6) is 0 Å². The number of amides is 2. The van der Waals surface area contributed by atoms with Gasteiger partial charge in [0.15, 0.2) is 5.65 Å². The van der Waals surface area contributed by atoms with Crippen molar-refractivity contribution in [1.29, 1.82) is 5.26 Å². The van der Waals surface area contributed by atoms with Crippen molar-refractivity contribution in [2.45, 2.75) is 102 Å². The van der Waals surface area contributed by atoms with Gasteiger partial charge in [0, 0.05) is 19.3 Å². The average molecular weight is 579 g/mol. The lowest BCUT2D eigenvalue weighted by Gasteiger charge is -2.33. The van der Waals surface area contributed by atoms with E-state index in [1.54, 1.807) is 26.1 Å². The number of rotatable bonds is 10. The zero-order chi connectivity index (χ0) is 29.6. The number of nitrogens with one attached hydrogen (secondary N) is 2. The number of fused-ring (bicyclic) bond motifs is 1. The second kappa shape index (κ2) is 10.8. The number of ether oxygens (including phenoxy) is 1. The molecular formula is C28H34F4N6O3. The van der Waals surface area contributed by atoms with E-state index in [1.807, 2.05) is 0 Å². The lowest BCUT2D eigenvalue weighted by molar-refractivity contribution is -0.148. The first-order valence-electron chi connectivity index (χ1n) is 14.1. The summed E-state index contributed by atoms with van der Waals surface area (Å²) in [5.41, 5.74) is -0.00653. The van der Waals surface area contributed by atoms with Gasteiger partial charge >= 0.3 is 12.0 Å². The zero-order valence-electron chi connectivity index (χ0n) is 23.0. The summed E-state index contributed by atoms with van der Waals surface area (Å²) >= 11 is 0. The van der Waals surface area contributed by atoms with Crippen molar-refractivity contribution < 1.29 is 31.9 Å². The molecule has 3 aliphatic rings. The maximum absolute atomic E-state index is 14.6. The number of imidazole rings is 1. The number of nitriles is 1. The highest BCUT2D eigenvalue weighted by Gasteiger charge is 2.54. The van der Waals surface area contributed by atoms with E-state index in [1.165, 1.54) is 10.7 Å². The number of carbonyl (C=O) groups excluding carboxylic acids is 2. The van der Waals surface area contributed by atoms with E-state index in [4.69, 9.17) is 4.74 Å². The molecule has 2 aromatic rings. The van der Waals surface area contributed by atoms with Gasteiger partial charge < -0.3 is 15.4 Å². The molecule has 2 atom stereocenters. The van der Waals surface area contributed by atoms with Crippen molar-refractivity contribution in [3.63, 3.8) is 0 Å². The molecule has 2 heterocycles. The molecule has 2 aromatic heterocycles. The number of alkyl halides is 4. The summed E-state index contributed by atoms with van der Waals surface area (Å²) in [6.45, 7) is 3.38. The van der Waals surface area contributed by atoms with E-state index < -0.39 is 53.9 Å². The van der Waals surface area contributed by atoms with Gasteiger partial charge in [-0.15, -0.1) is 0 Å². The van der Waals surface area contributed by atoms with Gasteiger partial charge in [0.1, 0.15) is 0 Å². The largest absolute Gasteiger partial charge is 0.447 e. The van der Waals surface area contributed by atoms with E-state index in [-0.39, 0.29) is 37.5 Å². The summed E-state index contributed by atoms with van der Waals surface area (Å²) in [7, 11) is 0. The van der Waals surface area contributed by atoms with E-state index >= 15 is 0 Å². The number of alkyl carbamates (subject to hydrolysis) is 1. The fourth-order valence-corrected chi connectivity index (χ4v) is 5.58. The summed E-state index contributed by atoms with van der Waals surface area (Å²) in [6, 6.07) is 2.00. The van der Waals surface area contributed by atoms with Gasteiger partial charge in [0.05, 0.1) is 47.8 Å². The number of halogens is 4. The second-order valence-corrected chi connectivity index (χ2v) is 12.1. The third kappa shape index (κ3) is 6.57. The minimum Gasteiger partial charge on any atom is -0.447 e. The first kappa shape index (κ1) is 29.1. The van der Waals surface area contributed by atoms with Gasteiger partial charge in [-0.25, -0.2) is 23.1 Å². The average Bonchev–Trinajstić information content (AvgIpc) is 3.83. The molecule has 5 rings (SSSR count). The molecule has 3 aliphatic carbocycles. The Morgan fingerprint density at radius 2 is 1.85 bits per heavy atom. The molecule has 13 heteroatoms. The fourth-order valence-electron chi connectivity index (χ4n) is 5.58. The Bertz CT molecular complexity index is 1340. The summed E-state index contributed by atoms with van der Waals surface area (Å²) in [6.07, 6.45) is 3.28. The topological polar surface area (TPSA) is 121 Å². The Hall–Kier alpha value is -3.43. The van der Waals surface area contributed by atoms with Gasteiger partial charge in [0.25, 0.3) is 5.91 Å². The molecule has 0 unspecified atom stereocenters. The SMILES string of the molecule is CC(C)OC(=O)N[C@H](c1cn2ncc([C@@H](NC(=O)C(F)(F)CC3CC3)C3(C#N)CC3)cc2n1)C1CCC(F)(F)CC1. The van der Waals surface area contributed by atoms with Crippen LogP contribution in [0.25, 0.3) is 5.65 Å². The fraction of sp³-hybridized carbons (Fsp3) is 0.679. The smallest absolute Gasteiger partial charge is 0.407 e. The predicted molar refractivity (Wildman–Crippen MR) is 138 cm³/mol. The van der Waals surface area contributed by atoms with Crippen molar-refractivity contribution in [2.75, 3.05) is 0 Å². The van der Waals surface area contributed by atoms with Gasteiger partial charge in [-0.3, -0.25) is 4.79 Å². The number of hydrogen-bond acceptors (Lipinski definition) is 6. The highest BCUT2D eigenvalue weighted by atomic mass is 19.3. The minimum atomic E-state index is -3.55. The predicted octanol–water partition coefficient (Wildman–Crippen LogP) is 5.63. The molecule has 2 amide bonds. The molecule has 0 spiro atoms. The minimum absolute atomic E-state index is 0.167. The third-order valence-electron chi connectivity index (χ3n) is 8.27. The first-order chi connectivity index (χ1) is 19.3. The van der Waals surface area contributed by atoms with Crippen LogP contribution in [0, 0.1) is 28.6 Å². The summed E-state index contributed by atoms with van der Waals surface area (Å²) in [5.74, 6) is -8.22. The maximum atomic E-state index is 14.6. The van der Waals surface area contributed by atoms with E-state index in [0.29, 0.717) is 42.6 Å². The van der Waals surface area contributed by atoms with Crippen LogP contribution in [-0.4, -0.2) is 44.5 Å².